The number of para-hydroxylation sites is 1. The Morgan fingerprint density at radius 1 is 1.10 bits per heavy atom. The highest BCUT2D eigenvalue weighted by Crippen LogP contribution is 2.40. The molecule has 2 nitrogen and oxygen atoms in total. The molecule has 0 amide bonds. The van der Waals surface area contributed by atoms with Crippen molar-refractivity contribution in [3.05, 3.63) is 48.0 Å². The number of furan rings is 1. The van der Waals surface area contributed by atoms with Gasteiger partial charge in [-0.2, -0.15) is 0 Å². The minimum absolute atomic E-state index is 0.334. The predicted molar refractivity (Wildman–Crippen MR) is 88.9 cm³/mol. The van der Waals surface area contributed by atoms with Gasteiger partial charge < -0.3 is 9.15 Å². The van der Waals surface area contributed by atoms with Gasteiger partial charge in [0, 0.05) is 21.5 Å². The average Bonchev–Trinajstić information content (AvgIpc) is 3.09. The van der Waals surface area contributed by atoms with E-state index in [1.54, 1.807) is 0 Å². The third-order valence-corrected chi connectivity index (χ3v) is 5.64. The first kappa shape index (κ1) is 13.4. The largest absolute Gasteiger partial charge is 0.456 e. The van der Waals surface area contributed by atoms with Crippen molar-refractivity contribution in [1.82, 2.24) is 0 Å². The lowest BCUT2D eigenvalue weighted by Gasteiger charge is -2.16. The standard InChI is InChI=1S/C18H17BrO2/c1-11-8-13(10-20-11)18(19)12-6-7-17-15(9-12)14-4-2-3-5-16(14)21-17/h2-7,9,11,13,18H,8,10H2,1H3. The molecule has 3 unspecified atom stereocenters. The fraction of sp³-hybridized carbons (Fsp3) is 0.333. The number of alkyl halides is 1. The Morgan fingerprint density at radius 2 is 1.90 bits per heavy atom. The summed E-state index contributed by atoms with van der Waals surface area (Å²) >= 11 is 3.87. The second-order valence-corrected chi connectivity index (χ2v) is 6.88. The summed E-state index contributed by atoms with van der Waals surface area (Å²) in [6.07, 6.45) is 1.48. The van der Waals surface area contributed by atoms with Crippen molar-refractivity contribution in [3.63, 3.8) is 0 Å². The number of halogens is 1. The van der Waals surface area contributed by atoms with E-state index in [-0.39, 0.29) is 0 Å². The summed E-state index contributed by atoms with van der Waals surface area (Å²) < 4.78 is 11.6. The Labute approximate surface area is 132 Å². The van der Waals surface area contributed by atoms with Gasteiger partial charge in [-0.25, -0.2) is 0 Å². The van der Waals surface area contributed by atoms with Gasteiger partial charge in [0.25, 0.3) is 0 Å². The summed E-state index contributed by atoms with van der Waals surface area (Å²) in [5, 5.41) is 2.38. The first-order chi connectivity index (χ1) is 10.2. The smallest absolute Gasteiger partial charge is 0.135 e. The second-order valence-electron chi connectivity index (χ2n) is 5.90. The summed E-state index contributed by atoms with van der Waals surface area (Å²) in [7, 11) is 0. The molecule has 4 rings (SSSR count). The van der Waals surface area contributed by atoms with Gasteiger partial charge in [-0.3, -0.25) is 0 Å². The average molecular weight is 345 g/mol. The molecular formula is C18H17BrO2. The quantitative estimate of drug-likeness (QED) is 0.577. The first-order valence-corrected chi connectivity index (χ1v) is 8.31. The van der Waals surface area contributed by atoms with Crippen LogP contribution < -0.4 is 0 Å². The Balaban J connectivity index is 1.77. The number of hydrogen-bond donors (Lipinski definition) is 0. The summed E-state index contributed by atoms with van der Waals surface area (Å²) in [6.45, 7) is 2.98. The predicted octanol–water partition coefficient (Wildman–Crippen LogP) is 5.45. The lowest BCUT2D eigenvalue weighted by Crippen LogP contribution is -2.07. The maximum absolute atomic E-state index is 5.89. The van der Waals surface area contributed by atoms with Gasteiger partial charge in [0.15, 0.2) is 0 Å². The molecule has 2 aromatic carbocycles. The summed E-state index contributed by atoms with van der Waals surface area (Å²) in [5.41, 5.74) is 3.21. The monoisotopic (exact) mass is 344 g/mol. The number of benzene rings is 2. The summed E-state index contributed by atoms with van der Waals surface area (Å²) in [5.74, 6) is 0.538. The van der Waals surface area contributed by atoms with E-state index in [0.29, 0.717) is 16.8 Å². The van der Waals surface area contributed by atoms with Gasteiger partial charge in [0.1, 0.15) is 11.2 Å². The van der Waals surface area contributed by atoms with Crippen LogP contribution in [-0.4, -0.2) is 12.7 Å². The zero-order valence-electron chi connectivity index (χ0n) is 11.9. The maximum atomic E-state index is 5.89. The van der Waals surface area contributed by atoms with E-state index in [4.69, 9.17) is 9.15 Å². The molecule has 1 fully saturated rings. The Bertz CT molecular complexity index is 792. The minimum Gasteiger partial charge on any atom is -0.456 e. The number of fused-ring (bicyclic) bond motifs is 3. The van der Waals surface area contributed by atoms with Gasteiger partial charge in [-0.15, -0.1) is 0 Å². The first-order valence-electron chi connectivity index (χ1n) is 7.39. The Kier molecular flexibility index (Phi) is 3.27. The van der Waals surface area contributed by atoms with Gasteiger partial charge in [0.2, 0.25) is 0 Å². The van der Waals surface area contributed by atoms with Crippen molar-refractivity contribution in [2.75, 3.05) is 6.61 Å². The van der Waals surface area contributed by atoms with Gasteiger partial charge >= 0.3 is 0 Å². The minimum atomic E-state index is 0.334. The van der Waals surface area contributed by atoms with Crippen LogP contribution in [-0.2, 0) is 4.74 Å². The molecule has 0 N–H and O–H groups in total. The van der Waals surface area contributed by atoms with Crippen LogP contribution in [0.4, 0.5) is 0 Å². The van der Waals surface area contributed by atoms with Crippen LogP contribution in [0.2, 0.25) is 0 Å². The molecule has 21 heavy (non-hydrogen) atoms. The summed E-state index contributed by atoms with van der Waals surface area (Å²) in [4.78, 5) is 0.334. The van der Waals surface area contributed by atoms with E-state index in [1.165, 1.54) is 16.3 Å². The van der Waals surface area contributed by atoms with Crippen molar-refractivity contribution < 1.29 is 9.15 Å². The molecule has 0 saturated carbocycles. The summed E-state index contributed by atoms with van der Waals surface area (Å²) in [6, 6.07) is 14.7. The fourth-order valence-electron chi connectivity index (χ4n) is 3.24. The van der Waals surface area contributed by atoms with Crippen LogP contribution >= 0.6 is 15.9 Å². The Morgan fingerprint density at radius 3 is 2.71 bits per heavy atom. The highest BCUT2D eigenvalue weighted by atomic mass is 79.9. The molecule has 2 heterocycles. The van der Waals surface area contributed by atoms with Crippen molar-refractivity contribution >= 4 is 37.9 Å². The van der Waals surface area contributed by atoms with Crippen LogP contribution in [0.25, 0.3) is 21.9 Å². The molecule has 1 aliphatic heterocycles. The van der Waals surface area contributed by atoms with E-state index >= 15 is 0 Å². The second kappa shape index (κ2) is 5.15. The van der Waals surface area contributed by atoms with Gasteiger partial charge in [0.05, 0.1) is 12.7 Å². The molecule has 1 aliphatic rings. The highest BCUT2D eigenvalue weighted by molar-refractivity contribution is 9.09. The SMILES string of the molecule is CC1CC(C(Br)c2ccc3oc4ccccc4c3c2)CO1. The maximum Gasteiger partial charge on any atom is 0.135 e. The molecule has 1 aromatic heterocycles. The zero-order valence-corrected chi connectivity index (χ0v) is 13.5. The molecule has 0 spiro atoms. The molecule has 108 valence electrons. The molecule has 3 heteroatoms. The molecule has 0 bridgehead atoms. The topological polar surface area (TPSA) is 22.4 Å². The third kappa shape index (κ3) is 2.29. The van der Waals surface area contributed by atoms with Crippen LogP contribution in [0.15, 0.2) is 46.9 Å². The molecule has 0 radical (unpaired) electrons. The van der Waals surface area contributed by atoms with Crippen molar-refractivity contribution in [3.8, 4) is 0 Å². The molecular weight excluding hydrogens is 328 g/mol. The third-order valence-electron chi connectivity index (χ3n) is 4.36. The lowest BCUT2D eigenvalue weighted by molar-refractivity contribution is 0.120. The highest BCUT2D eigenvalue weighted by Gasteiger charge is 2.29. The molecule has 1 saturated heterocycles. The fourth-order valence-corrected chi connectivity index (χ4v) is 3.89. The zero-order chi connectivity index (χ0) is 14.4. The van der Waals surface area contributed by atoms with Crippen LogP contribution in [0, 0.1) is 5.92 Å². The number of ether oxygens (including phenoxy) is 1. The van der Waals surface area contributed by atoms with Crippen molar-refractivity contribution in [1.29, 1.82) is 0 Å². The van der Waals surface area contributed by atoms with E-state index in [9.17, 15) is 0 Å². The number of hydrogen-bond acceptors (Lipinski definition) is 2. The van der Waals surface area contributed by atoms with Gasteiger partial charge in [-0.1, -0.05) is 40.2 Å². The van der Waals surface area contributed by atoms with Crippen molar-refractivity contribution in [2.45, 2.75) is 24.3 Å². The molecule has 0 aliphatic carbocycles. The molecule has 3 aromatic rings. The molecule has 3 atom stereocenters. The van der Waals surface area contributed by atoms with E-state index in [2.05, 4.69) is 53.2 Å². The van der Waals surface area contributed by atoms with Gasteiger partial charge in [-0.05, 0) is 37.1 Å². The number of rotatable bonds is 2. The lowest BCUT2D eigenvalue weighted by atomic mass is 9.96. The van der Waals surface area contributed by atoms with Crippen LogP contribution in [0.1, 0.15) is 23.7 Å². The van der Waals surface area contributed by atoms with E-state index < -0.39 is 0 Å². The van der Waals surface area contributed by atoms with E-state index in [1.807, 2.05) is 12.1 Å². The normalized spacial score (nSPS) is 23.9. The van der Waals surface area contributed by atoms with Crippen molar-refractivity contribution in [2.24, 2.45) is 5.92 Å². The van der Waals surface area contributed by atoms with Crippen LogP contribution in [0.5, 0.6) is 0 Å². The van der Waals surface area contributed by atoms with E-state index in [0.717, 1.165) is 24.2 Å². The van der Waals surface area contributed by atoms with Crippen LogP contribution in [0.3, 0.4) is 0 Å². The Hall–Kier alpha value is -1.32.